The number of nitrogen functional groups attached to an aromatic ring is 1. The van der Waals surface area contributed by atoms with Crippen molar-refractivity contribution in [2.75, 3.05) is 11.1 Å². The van der Waals surface area contributed by atoms with Crippen molar-refractivity contribution in [3.8, 4) is 11.3 Å². The summed E-state index contributed by atoms with van der Waals surface area (Å²) in [7, 11) is 0. The van der Waals surface area contributed by atoms with E-state index in [-0.39, 0.29) is 29.8 Å². The molecule has 1 aliphatic carbocycles. The largest absolute Gasteiger partial charge is 0.383 e. The number of nitrogens with one attached hydrogen (secondary N) is 1. The van der Waals surface area contributed by atoms with Gasteiger partial charge in [0.2, 0.25) is 11.8 Å². The highest BCUT2D eigenvalue weighted by molar-refractivity contribution is 6.03. The van der Waals surface area contributed by atoms with Crippen LogP contribution in [0.25, 0.3) is 11.3 Å². The number of carbonyl (C=O) groups excluding carboxylic acids is 2. The van der Waals surface area contributed by atoms with Crippen molar-refractivity contribution < 1.29 is 14.1 Å². The minimum absolute atomic E-state index is 0.0173. The van der Waals surface area contributed by atoms with Gasteiger partial charge < -0.3 is 16.0 Å². The SMILES string of the molecule is CC(C)n1nc(-c2ccc(CC(=O)Nc3cc(C4CC4)no3)cc2)c(C(N)=O)c1N. The predicted molar refractivity (Wildman–Crippen MR) is 112 cm³/mol. The minimum Gasteiger partial charge on any atom is -0.383 e. The van der Waals surface area contributed by atoms with Crippen LogP contribution in [0.5, 0.6) is 0 Å². The van der Waals surface area contributed by atoms with Crippen molar-refractivity contribution in [2.45, 2.75) is 45.1 Å². The van der Waals surface area contributed by atoms with Gasteiger partial charge in [0.1, 0.15) is 17.1 Å². The monoisotopic (exact) mass is 408 g/mol. The third-order valence-corrected chi connectivity index (χ3v) is 5.06. The Labute approximate surface area is 173 Å². The van der Waals surface area contributed by atoms with Gasteiger partial charge in [0.05, 0.1) is 12.1 Å². The van der Waals surface area contributed by atoms with Gasteiger partial charge in [-0.1, -0.05) is 29.4 Å². The van der Waals surface area contributed by atoms with Crippen molar-refractivity contribution in [2.24, 2.45) is 5.73 Å². The van der Waals surface area contributed by atoms with E-state index in [1.165, 1.54) is 0 Å². The number of hydrogen-bond acceptors (Lipinski definition) is 6. The Morgan fingerprint density at radius 2 is 1.97 bits per heavy atom. The zero-order chi connectivity index (χ0) is 21.4. The summed E-state index contributed by atoms with van der Waals surface area (Å²) in [6, 6.07) is 8.96. The lowest BCUT2D eigenvalue weighted by Gasteiger charge is -2.07. The fourth-order valence-electron chi connectivity index (χ4n) is 3.35. The van der Waals surface area contributed by atoms with Crippen LogP contribution in [0.1, 0.15) is 60.3 Å². The number of primary amides is 1. The molecule has 0 saturated heterocycles. The maximum atomic E-state index is 12.3. The van der Waals surface area contributed by atoms with Crippen molar-refractivity contribution in [3.63, 3.8) is 0 Å². The van der Waals surface area contributed by atoms with Gasteiger partial charge in [0.15, 0.2) is 0 Å². The first-order valence-electron chi connectivity index (χ1n) is 9.87. The van der Waals surface area contributed by atoms with Crippen LogP contribution in [0.15, 0.2) is 34.9 Å². The summed E-state index contributed by atoms with van der Waals surface area (Å²) >= 11 is 0. The standard InChI is InChI=1S/C21H24N6O3/c1-11(2)27-20(22)18(21(23)29)19(25-27)14-5-3-12(4-6-14)9-16(28)24-17-10-15(26-30-17)13-7-8-13/h3-6,10-11,13H,7-9,22H2,1-2H3,(H2,23,29)(H,24,28). The molecule has 0 unspecified atom stereocenters. The van der Waals surface area contributed by atoms with Gasteiger partial charge in [-0.3, -0.25) is 14.9 Å². The van der Waals surface area contributed by atoms with Gasteiger partial charge in [0, 0.05) is 23.6 Å². The maximum absolute atomic E-state index is 12.3. The summed E-state index contributed by atoms with van der Waals surface area (Å²) in [4.78, 5) is 24.2. The quantitative estimate of drug-likeness (QED) is 0.549. The lowest BCUT2D eigenvalue weighted by Crippen LogP contribution is -2.15. The molecule has 1 aromatic carbocycles. The predicted octanol–water partition coefficient (Wildman–Crippen LogP) is 2.86. The van der Waals surface area contributed by atoms with Gasteiger partial charge in [-0.25, -0.2) is 4.68 Å². The summed E-state index contributed by atoms with van der Waals surface area (Å²) in [6.45, 7) is 3.84. The van der Waals surface area contributed by atoms with E-state index in [0.717, 1.165) is 24.1 Å². The lowest BCUT2D eigenvalue weighted by molar-refractivity contribution is -0.115. The Morgan fingerprint density at radius 3 is 2.57 bits per heavy atom. The molecular weight excluding hydrogens is 384 g/mol. The van der Waals surface area contributed by atoms with Crippen molar-refractivity contribution in [3.05, 3.63) is 47.2 Å². The van der Waals surface area contributed by atoms with Crippen LogP contribution in [0.4, 0.5) is 11.7 Å². The summed E-state index contributed by atoms with van der Waals surface area (Å²) in [5, 5.41) is 11.2. The molecule has 2 heterocycles. The Hall–Kier alpha value is -3.62. The second-order valence-corrected chi connectivity index (χ2v) is 7.82. The van der Waals surface area contributed by atoms with Gasteiger partial charge in [-0.2, -0.15) is 5.10 Å². The van der Waals surface area contributed by atoms with Crippen molar-refractivity contribution in [1.29, 1.82) is 0 Å². The minimum atomic E-state index is -0.629. The number of nitrogens with two attached hydrogens (primary N) is 2. The van der Waals surface area contributed by atoms with E-state index < -0.39 is 5.91 Å². The van der Waals surface area contributed by atoms with Gasteiger partial charge in [0.25, 0.3) is 5.91 Å². The van der Waals surface area contributed by atoms with Gasteiger partial charge in [-0.05, 0) is 32.3 Å². The molecule has 9 heteroatoms. The molecule has 1 aliphatic rings. The molecule has 0 spiro atoms. The normalized spacial score (nSPS) is 13.6. The topological polar surface area (TPSA) is 142 Å². The van der Waals surface area contributed by atoms with E-state index in [9.17, 15) is 9.59 Å². The van der Waals surface area contributed by atoms with Crippen LogP contribution >= 0.6 is 0 Å². The second-order valence-electron chi connectivity index (χ2n) is 7.82. The van der Waals surface area contributed by atoms with Crippen LogP contribution in [-0.4, -0.2) is 26.8 Å². The van der Waals surface area contributed by atoms with Crippen molar-refractivity contribution >= 4 is 23.5 Å². The highest BCUT2D eigenvalue weighted by Gasteiger charge is 2.27. The highest BCUT2D eigenvalue weighted by Crippen LogP contribution is 2.40. The van der Waals surface area contributed by atoms with Crippen LogP contribution in [-0.2, 0) is 11.2 Å². The van der Waals surface area contributed by atoms with Crippen LogP contribution in [0, 0.1) is 0 Å². The molecular formula is C21H24N6O3. The van der Waals surface area contributed by atoms with Crippen molar-refractivity contribution in [1.82, 2.24) is 14.9 Å². The average Bonchev–Trinajstić information content (AvgIpc) is 3.33. The molecule has 0 radical (unpaired) electrons. The summed E-state index contributed by atoms with van der Waals surface area (Å²) < 4.78 is 6.74. The molecule has 0 aliphatic heterocycles. The summed E-state index contributed by atoms with van der Waals surface area (Å²) in [5.74, 6) is 0.237. The molecule has 1 saturated carbocycles. The third-order valence-electron chi connectivity index (χ3n) is 5.06. The number of anilines is 2. The molecule has 0 atom stereocenters. The van der Waals surface area contributed by atoms with E-state index in [1.54, 1.807) is 35.0 Å². The molecule has 2 aromatic heterocycles. The number of nitrogens with zero attached hydrogens (tertiary/aromatic N) is 3. The Bertz CT molecular complexity index is 1090. The molecule has 2 amide bonds. The molecule has 1 fully saturated rings. The number of benzene rings is 1. The average molecular weight is 408 g/mol. The van der Waals surface area contributed by atoms with Crippen LogP contribution < -0.4 is 16.8 Å². The van der Waals surface area contributed by atoms with E-state index in [1.807, 2.05) is 13.8 Å². The number of carbonyl (C=O) groups is 2. The first-order valence-corrected chi connectivity index (χ1v) is 9.87. The second kappa shape index (κ2) is 7.66. The zero-order valence-corrected chi connectivity index (χ0v) is 16.9. The number of hydrogen-bond donors (Lipinski definition) is 3. The third kappa shape index (κ3) is 3.91. The Balaban J connectivity index is 1.48. The Kier molecular flexibility index (Phi) is 5.03. The molecule has 4 rings (SSSR count). The highest BCUT2D eigenvalue weighted by atomic mass is 16.5. The smallest absolute Gasteiger partial charge is 0.254 e. The molecule has 9 nitrogen and oxygen atoms in total. The van der Waals surface area contributed by atoms with E-state index >= 15 is 0 Å². The van der Waals surface area contributed by atoms with Gasteiger partial charge >= 0.3 is 0 Å². The molecule has 3 aromatic rings. The van der Waals surface area contributed by atoms with E-state index in [0.29, 0.717) is 23.1 Å². The van der Waals surface area contributed by atoms with Crippen LogP contribution in [0.2, 0.25) is 0 Å². The Morgan fingerprint density at radius 1 is 1.27 bits per heavy atom. The first kappa shape index (κ1) is 19.7. The van der Waals surface area contributed by atoms with Gasteiger partial charge in [-0.15, -0.1) is 0 Å². The fraction of sp³-hybridized carbons (Fsp3) is 0.333. The number of aromatic nitrogens is 3. The summed E-state index contributed by atoms with van der Waals surface area (Å²) in [5.41, 5.74) is 14.6. The van der Waals surface area contributed by atoms with E-state index in [4.69, 9.17) is 16.0 Å². The zero-order valence-electron chi connectivity index (χ0n) is 16.9. The molecule has 5 N–H and O–H groups in total. The lowest BCUT2D eigenvalue weighted by atomic mass is 10.0. The molecule has 30 heavy (non-hydrogen) atoms. The first-order chi connectivity index (χ1) is 14.3. The maximum Gasteiger partial charge on any atom is 0.254 e. The van der Waals surface area contributed by atoms with E-state index in [2.05, 4.69) is 15.6 Å². The number of amides is 2. The van der Waals surface area contributed by atoms with Crippen LogP contribution in [0.3, 0.4) is 0 Å². The fourth-order valence-corrected chi connectivity index (χ4v) is 3.35. The molecule has 156 valence electrons. The summed E-state index contributed by atoms with van der Waals surface area (Å²) in [6.07, 6.45) is 2.40. The number of rotatable bonds is 7. The molecule has 0 bridgehead atoms.